The topological polar surface area (TPSA) is 95.7 Å². The number of hydrogen-bond donors (Lipinski definition) is 3. The van der Waals surface area contributed by atoms with E-state index in [-0.39, 0.29) is 29.2 Å². The normalized spacial score (nSPS) is 29.6. The third-order valence-corrected chi connectivity index (χ3v) is 8.13. The molecule has 4 N–H and O–H groups in total. The highest BCUT2D eigenvalue weighted by Crippen LogP contribution is 2.46. The summed E-state index contributed by atoms with van der Waals surface area (Å²) in [5.41, 5.74) is 5.17. The number of halogens is 1. The highest BCUT2D eigenvalue weighted by Gasteiger charge is 2.50. The van der Waals surface area contributed by atoms with E-state index in [0.717, 1.165) is 18.4 Å². The molecule has 2 fully saturated rings. The molecule has 4 atom stereocenters. The third kappa shape index (κ3) is 5.34. The maximum atomic E-state index is 13.6. The average Bonchev–Trinajstić information content (AvgIpc) is 3.15. The molecule has 1 aliphatic carbocycles. The Labute approximate surface area is 208 Å². The van der Waals surface area contributed by atoms with E-state index in [1.54, 1.807) is 17.0 Å². The van der Waals surface area contributed by atoms with E-state index in [0.29, 0.717) is 37.4 Å². The SMILES string of the molecule is C=CCC1(N)CC[C@@H](C(=O)N[C@@H](C(=O)N2CC[C@](O)(c3ccc(Cl)cc3)C(C)(C)C2)C(C)C)C1. The zero-order chi connectivity index (χ0) is 25.3. The van der Waals surface area contributed by atoms with Crippen LogP contribution in [0.15, 0.2) is 36.9 Å². The lowest BCUT2D eigenvalue weighted by molar-refractivity contribution is -0.157. The first kappa shape index (κ1) is 26.7. The van der Waals surface area contributed by atoms with Crippen LogP contribution in [0.3, 0.4) is 0 Å². The highest BCUT2D eigenvalue weighted by molar-refractivity contribution is 6.30. The number of nitrogens with one attached hydrogen (secondary N) is 1. The third-order valence-electron chi connectivity index (χ3n) is 7.88. The Hall–Kier alpha value is -1.89. The second-order valence-corrected chi connectivity index (χ2v) is 11.7. The van der Waals surface area contributed by atoms with E-state index < -0.39 is 17.1 Å². The lowest BCUT2D eigenvalue weighted by Crippen LogP contribution is -2.60. The smallest absolute Gasteiger partial charge is 0.245 e. The quantitative estimate of drug-likeness (QED) is 0.504. The molecule has 0 radical (unpaired) electrons. The molecule has 34 heavy (non-hydrogen) atoms. The number of likely N-dealkylation sites (tertiary alicyclic amines) is 1. The van der Waals surface area contributed by atoms with Gasteiger partial charge in [-0.2, -0.15) is 0 Å². The van der Waals surface area contributed by atoms with Gasteiger partial charge in [0.2, 0.25) is 11.8 Å². The minimum Gasteiger partial charge on any atom is -0.384 e. The Kier molecular flexibility index (Phi) is 7.86. The van der Waals surface area contributed by atoms with Gasteiger partial charge < -0.3 is 21.1 Å². The maximum Gasteiger partial charge on any atom is 0.245 e. The lowest BCUT2D eigenvalue weighted by Gasteiger charge is -2.51. The van der Waals surface area contributed by atoms with E-state index >= 15 is 0 Å². The number of nitrogens with zero attached hydrogens (tertiary/aromatic N) is 1. The van der Waals surface area contributed by atoms with Crippen LogP contribution in [-0.2, 0) is 15.2 Å². The monoisotopic (exact) mass is 489 g/mol. The average molecular weight is 490 g/mol. The molecule has 2 aliphatic rings. The summed E-state index contributed by atoms with van der Waals surface area (Å²) in [6, 6.07) is 6.65. The number of nitrogens with two attached hydrogens (primary N) is 1. The number of hydrogen-bond acceptors (Lipinski definition) is 4. The Morgan fingerprint density at radius 2 is 1.94 bits per heavy atom. The first-order valence-corrected chi connectivity index (χ1v) is 12.7. The summed E-state index contributed by atoms with van der Waals surface area (Å²) >= 11 is 6.04. The van der Waals surface area contributed by atoms with Gasteiger partial charge >= 0.3 is 0 Å². The van der Waals surface area contributed by atoms with Gasteiger partial charge in [-0.1, -0.05) is 57.5 Å². The molecule has 1 saturated heterocycles. The molecule has 1 aromatic carbocycles. The summed E-state index contributed by atoms with van der Waals surface area (Å²) < 4.78 is 0. The molecular formula is C27H40ClN3O3. The largest absolute Gasteiger partial charge is 0.384 e. The van der Waals surface area contributed by atoms with E-state index in [9.17, 15) is 14.7 Å². The first-order chi connectivity index (χ1) is 15.8. The van der Waals surface area contributed by atoms with Crippen LogP contribution in [0.4, 0.5) is 0 Å². The summed E-state index contributed by atoms with van der Waals surface area (Å²) in [6.45, 7) is 12.4. The van der Waals surface area contributed by atoms with Crippen molar-refractivity contribution in [3.05, 3.63) is 47.5 Å². The molecule has 1 saturated carbocycles. The predicted octanol–water partition coefficient (Wildman–Crippen LogP) is 4.00. The van der Waals surface area contributed by atoms with Crippen molar-refractivity contribution in [2.24, 2.45) is 23.0 Å². The Morgan fingerprint density at radius 1 is 1.29 bits per heavy atom. The lowest BCUT2D eigenvalue weighted by atomic mass is 9.66. The van der Waals surface area contributed by atoms with Crippen molar-refractivity contribution in [3.8, 4) is 0 Å². The summed E-state index contributed by atoms with van der Waals surface area (Å²) in [5, 5.41) is 15.3. The van der Waals surface area contributed by atoms with Crippen molar-refractivity contribution >= 4 is 23.4 Å². The maximum absolute atomic E-state index is 13.6. The van der Waals surface area contributed by atoms with E-state index in [4.69, 9.17) is 17.3 Å². The van der Waals surface area contributed by atoms with Gasteiger partial charge in [0.15, 0.2) is 0 Å². The van der Waals surface area contributed by atoms with Crippen LogP contribution in [0.5, 0.6) is 0 Å². The van der Waals surface area contributed by atoms with Gasteiger partial charge in [-0.15, -0.1) is 6.58 Å². The Balaban J connectivity index is 1.70. The minimum atomic E-state index is -1.08. The fourth-order valence-corrected chi connectivity index (χ4v) is 5.73. The van der Waals surface area contributed by atoms with Gasteiger partial charge in [-0.25, -0.2) is 0 Å². The molecule has 1 aromatic rings. The fraction of sp³-hybridized carbons (Fsp3) is 0.630. The molecule has 1 heterocycles. The van der Waals surface area contributed by atoms with Gasteiger partial charge in [-0.05, 0) is 55.7 Å². The molecule has 3 rings (SSSR count). The molecule has 0 aromatic heterocycles. The summed E-state index contributed by atoms with van der Waals surface area (Å²) in [7, 11) is 0. The van der Waals surface area contributed by atoms with Crippen LogP contribution < -0.4 is 11.1 Å². The van der Waals surface area contributed by atoms with Gasteiger partial charge in [0.1, 0.15) is 6.04 Å². The van der Waals surface area contributed by atoms with E-state index in [1.807, 2.05) is 45.9 Å². The number of amides is 2. The van der Waals surface area contributed by atoms with Crippen LogP contribution in [0.1, 0.15) is 65.4 Å². The standard InChI is InChI=1S/C27H40ClN3O3/c1-6-12-26(29)13-11-19(16-26)23(32)30-22(18(2)3)24(33)31-15-14-27(34,25(4,5)17-31)20-7-9-21(28)10-8-20/h6-10,18-19,22,34H,1,11-17,29H2,2-5H3,(H,30,32)/t19-,22-,26?,27+/m1/s1. The number of carbonyl (C=O) groups excluding carboxylic acids is 2. The van der Waals surface area contributed by atoms with Crippen molar-refractivity contribution in [2.75, 3.05) is 13.1 Å². The van der Waals surface area contributed by atoms with Crippen LogP contribution in [0, 0.1) is 17.3 Å². The van der Waals surface area contributed by atoms with Crippen LogP contribution >= 0.6 is 11.6 Å². The van der Waals surface area contributed by atoms with Crippen molar-refractivity contribution in [2.45, 2.75) is 77.0 Å². The fourth-order valence-electron chi connectivity index (χ4n) is 5.61. The number of carbonyl (C=O) groups is 2. The molecule has 1 unspecified atom stereocenters. The molecule has 6 nitrogen and oxygen atoms in total. The summed E-state index contributed by atoms with van der Waals surface area (Å²) in [5.74, 6) is -0.448. The second-order valence-electron chi connectivity index (χ2n) is 11.3. The van der Waals surface area contributed by atoms with Crippen molar-refractivity contribution in [1.82, 2.24) is 10.2 Å². The Bertz CT molecular complexity index is 916. The summed E-state index contributed by atoms with van der Waals surface area (Å²) in [4.78, 5) is 28.4. The first-order valence-electron chi connectivity index (χ1n) is 12.3. The van der Waals surface area contributed by atoms with Crippen molar-refractivity contribution in [3.63, 3.8) is 0 Å². The zero-order valence-electron chi connectivity index (χ0n) is 20.9. The highest BCUT2D eigenvalue weighted by atomic mass is 35.5. The molecule has 0 bridgehead atoms. The zero-order valence-corrected chi connectivity index (χ0v) is 21.7. The molecule has 2 amide bonds. The molecule has 1 aliphatic heterocycles. The van der Waals surface area contributed by atoms with E-state index in [1.165, 1.54) is 0 Å². The van der Waals surface area contributed by atoms with Gasteiger partial charge in [0.25, 0.3) is 0 Å². The summed E-state index contributed by atoms with van der Waals surface area (Å²) in [6.07, 6.45) is 5.01. The van der Waals surface area contributed by atoms with Crippen molar-refractivity contribution < 1.29 is 14.7 Å². The number of benzene rings is 1. The van der Waals surface area contributed by atoms with Gasteiger partial charge in [-0.3, -0.25) is 9.59 Å². The number of piperidine rings is 1. The van der Waals surface area contributed by atoms with Crippen LogP contribution in [0.2, 0.25) is 5.02 Å². The number of aliphatic hydroxyl groups is 1. The molecule has 0 spiro atoms. The Morgan fingerprint density at radius 3 is 2.50 bits per heavy atom. The number of rotatable bonds is 7. The van der Waals surface area contributed by atoms with Crippen molar-refractivity contribution in [1.29, 1.82) is 0 Å². The molecular weight excluding hydrogens is 450 g/mol. The second kappa shape index (κ2) is 10.00. The minimum absolute atomic E-state index is 0.0613. The van der Waals surface area contributed by atoms with Gasteiger partial charge in [0.05, 0.1) is 5.60 Å². The molecule has 7 heteroatoms. The van der Waals surface area contributed by atoms with Gasteiger partial charge in [0, 0.05) is 35.0 Å². The predicted molar refractivity (Wildman–Crippen MR) is 136 cm³/mol. The van der Waals surface area contributed by atoms with Crippen LogP contribution in [-0.4, -0.2) is 46.5 Å². The van der Waals surface area contributed by atoms with Crippen LogP contribution in [0.25, 0.3) is 0 Å². The van der Waals surface area contributed by atoms with E-state index in [2.05, 4.69) is 11.9 Å². The molecule has 188 valence electrons.